The summed E-state index contributed by atoms with van der Waals surface area (Å²) in [4.78, 5) is 1.37. The van der Waals surface area contributed by atoms with Crippen molar-refractivity contribution in [1.29, 1.82) is 0 Å². The van der Waals surface area contributed by atoms with Gasteiger partial charge in [-0.15, -0.1) is 0 Å². The van der Waals surface area contributed by atoms with E-state index in [0.717, 1.165) is 26.1 Å². The maximum absolute atomic E-state index is 10.5. The van der Waals surface area contributed by atoms with Gasteiger partial charge in [0.25, 0.3) is 0 Å². The summed E-state index contributed by atoms with van der Waals surface area (Å²) in [6.07, 6.45) is 1.50. The molecule has 4 nitrogen and oxygen atoms in total. The van der Waals surface area contributed by atoms with Crippen molar-refractivity contribution in [3.63, 3.8) is 0 Å². The summed E-state index contributed by atoms with van der Waals surface area (Å²) in [6.45, 7) is 2.72. The van der Waals surface area contributed by atoms with Crippen LogP contribution in [0.2, 0.25) is 0 Å². The normalized spacial score (nSPS) is 19.9. The first kappa shape index (κ1) is 12.5. The molecule has 1 aliphatic heterocycles. The molecule has 1 unspecified atom stereocenters. The van der Waals surface area contributed by atoms with Gasteiger partial charge in [0.05, 0.1) is 23.2 Å². The number of quaternary nitrogens is 1. The number of nitrogens with one attached hydrogen (secondary N) is 1. The minimum Gasteiger partial charge on any atom is -0.748 e. The summed E-state index contributed by atoms with van der Waals surface area (Å²) >= 11 is 0. The van der Waals surface area contributed by atoms with Crippen molar-refractivity contribution in [3.8, 4) is 0 Å². The van der Waals surface area contributed by atoms with Crippen LogP contribution >= 0.6 is 0 Å². The Morgan fingerprint density at radius 1 is 1.24 bits per heavy atom. The zero-order valence-electron chi connectivity index (χ0n) is 9.69. The molecule has 0 saturated heterocycles. The first-order valence-corrected chi connectivity index (χ1v) is 7.46. The second-order valence-electron chi connectivity index (χ2n) is 4.56. The lowest BCUT2D eigenvalue weighted by atomic mass is 10.00. The Labute approximate surface area is 102 Å². The van der Waals surface area contributed by atoms with Gasteiger partial charge in [-0.3, -0.25) is 0 Å². The number of fused-ring (bicyclic) bond motifs is 1. The molecule has 0 aliphatic carbocycles. The molecule has 0 saturated carbocycles. The molecule has 0 spiro atoms. The van der Waals surface area contributed by atoms with Gasteiger partial charge in [0.15, 0.2) is 0 Å². The van der Waals surface area contributed by atoms with Crippen LogP contribution in [0.1, 0.15) is 17.5 Å². The number of benzene rings is 1. The molecule has 1 aliphatic rings. The summed E-state index contributed by atoms with van der Waals surface area (Å²) in [6, 6.07) is 8.35. The van der Waals surface area contributed by atoms with Crippen LogP contribution in [0.3, 0.4) is 0 Å². The van der Waals surface area contributed by atoms with Crippen molar-refractivity contribution in [2.75, 3.05) is 18.8 Å². The maximum Gasteiger partial charge on any atom is 0.103 e. The van der Waals surface area contributed by atoms with Crippen molar-refractivity contribution >= 4 is 10.1 Å². The predicted molar refractivity (Wildman–Crippen MR) is 63.7 cm³/mol. The minimum atomic E-state index is -4.05. The molecule has 0 aromatic heterocycles. The van der Waals surface area contributed by atoms with Crippen LogP contribution in [0.4, 0.5) is 0 Å². The highest BCUT2D eigenvalue weighted by Gasteiger charge is 2.18. The van der Waals surface area contributed by atoms with Gasteiger partial charge < -0.3 is 9.45 Å². The Balaban J connectivity index is 1.86. The largest absolute Gasteiger partial charge is 0.748 e. The Morgan fingerprint density at radius 3 is 2.65 bits per heavy atom. The Bertz CT molecular complexity index is 484. The number of hydrogen-bond acceptors (Lipinski definition) is 3. The van der Waals surface area contributed by atoms with Crippen LogP contribution in [0, 0.1) is 0 Å². The van der Waals surface area contributed by atoms with Crippen molar-refractivity contribution in [1.82, 2.24) is 0 Å². The van der Waals surface area contributed by atoms with E-state index in [1.54, 1.807) is 0 Å². The molecule has 0 radical (unpaired) electrons. The van der Waals surface area contributed by atoms with E-state index in [9.17, 15) is 13.0 Å². The SMILES string of the molecule is O=S(=O)([O-])CCC[NH+]1CCc2ccccc2C1. The van der Waals surface area contributed by atoms with Gasteiger partial charge in [-0.25, -0.2) is 8.42 Å². The highest BCUT2D eigenvalue weighted by atomic mass is 32.2. The van der Waals surface area contributed by atoms with E-state index in [1.807, 2.05) is 12.1 Å². The molecule has 0 bridgehead atoms. The lowest BCUT2D eigenvalue weighted by Crippen LogP contribution is -3.11. The lowest BCUT2D eigenvalue weighted by molar-refractivity contribution is -0.915. The molecule has 94 valence electrons. The van der Waals surface area contributed by atoms with Crippen LogP contribution in [0.25, 0.3) is 0 Å². The fourth-order valence-electron chi connectivity index (χ4n) is 2.36. The van der Waals surface area contributed by atoms with Crippen LogP contribution in [-0.2, 0) is 23.1 Å². The molecule has 1 aromatic rings. The molecule has 2 rings (SSSR count). The van der Waals surface area contributed by atoms with Crippen molar-refractivity contribution in [2.45, 2.75) is 19.4 Å². The third-order valence-corrected chi connectivity index (χ3v) is 4.02. The van der Waals surface area contributed by atoms with E-state index in [2.05, 4.69) is 12.1 Å². The fourth-order valence-corrected chi connectivity index (χ4v) is 2.85. The molecular formula is C12H17NO3S. The lowest BCUT2D eigenvalue weighted by Gasteiger charge is -2.25. The molecule has 0 amide bonds. The van der Waals surface area contributed by atoms with Gasteiger partial charge in [0, 0.05) is 24.2 Å². The second kappa shape index (κ2) is 5.16. The van der Waals surface area contributed by atoms with E-state index >= 15 is 0 Å². The van der Waals surface area contributed by atoms with Crippen LogP contribution in [-0.4, -0.2) is 31.8 Å². The van der Waals surface area contributed by atoms with Crippen LogP contribution in [0.5, 0.6) is 0 Å². The van der Waals surface area contributed by atoms with Gasteiger partial charge in [-0.05, 0) is 5.56 Å². The van der Waals surface area contributed by atoms with Crippen molar-refractivity contribution in [2.24, 2.45) is 0 Å². The smallest absolute Gasteiger partial charge is 0.103 e. The molecule has 1 atom stereocenters. The minimum absolute atomic E-state index is 0.238. The van der Waals surface area contributed by atoms with Crippen LogP contribution in [0.15, 0.2) is 24.3 Å². The average Bonchev–Trinajstić information content (AvgIpc) is 2.27. The standard InChI is InChI=1S/C12H17NO3S/c14-17(15,16)9-3-7-13-8-6-11-4-1-2-5-12(11)10-13/h1-2,4-5H,3,6-10H2,(H,14,15,16). The predicted octanol–water partition coefficient (Wildman–Crippen LogP) is -0.437. The van der Waals surface area contributed by atoms with Crippen molar-refractivity contribution < 1.29 is 17.9 Å². The first-order valence-electron chi connectivity index (χ1n) is 5.88. The zero-order valence-corrected chi connectivity index (χ0v) is 10.5. The average molecular weight is 255 g/mol. The Hall–Kier alpha value is -0.910. The van der Waals surface area contributed by atoms with Gasteiger partial charge in [-0.1, -0.05) is 24.3 Å². The van der Waals surface area contributed by atoms with Gasteiger partial charge >= 0.3 is 0 Å². The van der Waals surface area contributed by atoms with E-state index in [1.165, 1.54) is 16.0 Å². The summed E-state index contributed by atoms with van der Waals surface area (Å²) in [7, 11) is -4.05. The van der Waals surface area contributed by atoms with E-state index in [0.29, 0.717) is 6.42 Å². The fraction of sp³-hybridized carbons (Fsp3) is 0.500. The molecule has 1 heterocycles. The quantitative estimate of drug-likeness (QED) is 0.742. The van der Waals surface area contributed by atoms with Crippen molar-refractivity contribution in [3.05, 3.63) is 35.4 Å². The monoisotopic (exact) mass is 255 g/mol. The molecule has 1 N–H and O–H groups in total. The molecular weight excluding hydrogens is 238 g/mol. The summed E-state index contributed by atoms with van der Waals surface area (Å²) in [5.41, 5.74) is 2.74. The molecule has 17 heavy (non-hydrogen) atoms. The Morgan fingerprint density at radius 2 is 1.94 bits per heavy atom. The van der Waals surface area contributed by atoms with Gasteiger partial charge in [-0.2, -0.15) is 0 Å². The van der Waals surface area contributed by atoms with Gasteiger partial charge in [0.1, 0.15) is 6.54 Å². The third kappa shape index (κ3) is 3.80. The van der Waals surface area contributed by atoms with Crippen LogP contribution < -0.4 is 4.90 Å². The third-order valence-electron chi connectivity index (χ3n) is 3.23. The highest BCUT2D eigenvalue weighted by molar-refractivity contribution is 7.85. The topological polar surface area (TPSA) is 61.6 Å². The summed E-state index contributed by atoms with van der Waals surface area (Å²) < 4.78 is 31.5. The highest BCUT2D eigenvalue weighted by Crippen LogP contribution is 2.10. The summed E-state index contributed by atoms with van der Waals surface area (Å²) in [5, 5.41) is 0. The van der Waals surface area contributed by atoms with E-state index < -0.39 is 10.1 Å². The molecule has 1 aromatic carbocycles. The number of rotatable bonds is 4. The van der Waals surface area contributed by atoms with E-state index in [-0.39, 0.29) is 5.75 Å². The van der Waals surface area contributed by atoms with E-state index in [4.69, 9.17) is 0 Å². The molecule has 0 fully saturated rings. The second-order valence-corrected chi connectivity index (χ2v) is 6.08. The number of hydrogen-bond donors (Lipinski definition) is 1. The molecule has 5 heteroatoms. The zero-order chi connectivity index (χ0) is 12.3. The van der Waals surface area contributed by atoms with Gasteiger partial charge in [0.2, 0.25) is 0 Å². The maximum atomic E-state index is 10.5. The first-order chi connectivity index (χ1) is 8.04. The summed E-state index contributed by atoms with van der Waals surface area (Å²) in [5.74, 6) is -0.238. The Kier molecular flexibility index (Phi) is 3.81.